The number of carbonyl (C=O) groups excluding carboxylic acids is 6. The number of non-ortho nitro benzene ring substituents is 1. The van der Waals surface area contributed by atoms with Crippen LogP contribution in [0, 0.1) is 22.0 Å². The van der Waals surface area contributed by atoms with Crippen molar-refractivity contribution in [3.63, 3.8) is 0 Å². The Labute approximate surface area is 249 Å². The van der Waals surface area contributed by atoms with Gasteiger partial charge in [0.2, 0.25) is 35.4 Å². The average molecular weight is 607 g/mol. The van der Waals surface area contributed by atoms with Crippen molar-refractivity contribution < 1.29 is 33.7 Å². The fourth-order valence-corrected chi connectivity index (χ4v) is 3.69. The number of nitro groups is 1. The molecule has 9 N–H and O–H groups in total. The fraction of sp³-hybridized carbons (Fsp3) is 0.556. The molecule has 0 saturated carbocycles. The number of hydrogen-bond acceptors (Lipinski definition) is 9. The summed E-state index contributed by atoms with van der Waals surface area (Å²) in [5, 5.41) is 23.5. The Morgan fingerprint density at radius 2 is 1.16 bits per heavy atom. The van der Waals surface area contributed by atoms with Crippen LogP contribution in [0.4, 0.5) is 11.4 Å². The minimum Gasteiger partial charge on any atom is -0.370 e. The molecule has 6 amide bonds. The van der Waals surface area contributed by atoms with Crippen LogP contribution in [0.15, 0.2) is 24.3 Å². The van der Waals surface area contributed by atoms with Crippen molar-refractivity contribution >= 4 is 46.8 Å². The Hall–Kier alpha value is -4.60. The Balaban J connectivity index is 2.78. The van der Waals surface area contributed by atoms with E-state index in [1.165, 1.54) is 38.1 Å². The third kappa shape index (κ3) is 12.0. The van der Waals surface area contributed by atoms with Crippen LogP contribution in [0.5, 0.6) is 0 Å². The maximum Gasteiger partial charge on any atom is 0.269 e. The number of carbonyl (C=O) groups is 6. The standard InChI is InChI=1S/C27H42N8O8/c1-13(2)21(34-27(41)22(14(3)4)33-25(39)19(28)11-12-20(29)36)26(40)31-15(5)23(37)30-16(6)24(38)32-17-7-9-18(10-8-17)35(42)43/h7-10,13-16,19,21-22H,11-12,28H2,1-6H3,(H2,29,36)(H,30,37)(H,31,40)(H,32,38)(H,33,39)(H,34,41)/t15-,16-,19+,21-,22-/m0/s1. The molecule has 1 aromatic rings. The summed E-state index contributed by atoms with van der Waals surface area (Å²) >= 11 is 0. The molecule has 238 valence electrons. The van der Waals surface area contributed by atoms with Crippen LogP contribution in [0.25, 0.3) is 0 Å². The molecule has 43 heavy (non-hydrogen) atoms. The maximum atomic E-state index is 13.1. The number of nitrogens with zero attached hydrogens (tertiary/aromatic N) is 1. The molecule has 0 radical (unpaired) electrons. The molecule has 0 unspecified atom stereocenters. The van der Waals surface area contributed by atoms with E-state index in [4.69, 9.17) is 11.5 Å². The highest BCUT2D eigenvalue weighted by atomic mass is 16.6. The number of amides is 6. The maximum absolute atomic E-state index is 13.1. The van der Waals surface area contributed by atoms with E-state index in [9.17, 15) is 38.9 Å². The Bertz CT molecular complexity index is 1190. The van der Waals surface area contributed by atoms with Crippen molar-refractivity contribution in [2.24, 2.45) is 23.3 Å². The van der Waals surface area contributed by atoms with Gasteiger partial charge in [0.1, 0.15) is 24.2 Å². The van der Waals surface area contributed by atoms with Gasteiger partial charge in [0.15, 0.2) is 0 Å². The van der Waals surface area contributed by atoms with Crippen LogP contribution in [-0.4, -0.2) is 70.6 Å². The van der Waals surface area contributed by atoms with E-state index in [-0.39, 0.29) is 30.1 Å². The van der Waals surface area contributed by atoms with E-state index in [1.54, 1.807) is 27.7 Å². The molecule has 0 aliphatic rings. The molecule has 0 bridgehead atoms. The highest BCUT2D eigenvalue weighted by Crippen LogP contribution is 2.15. The lowest BCUT2D eigenvalue weighted by Crippen LogP contribution is -2.60. The largest absolute Gasteiger partial charge is 0.370 e. The van der Waals surface area contributed by atoms with Gasteiger partial charge in [-0.05, 0) is 44.2 Å². The topological polar surface area (TPSA) is 258 Å². The normalized spacial score (nSPS) is 14.4. The van der Waals surface area contributed by atoms with Crippen LogP contribution >= 0.6 is 0 Å². The number of nitrogens with two attached hydrogens (primary N) is 2. The van der Waals surface area contributed by atoms with E-state index in [1.807, 2.05) is 0 Å². The number of nitro benzene ring substituents is 1. The lowest BCUT2D eigenvalue weighted by molar-refractivity contribution is -0.384. The predicted molar refractivity (Wildman–Crippen MR) is 157 cm³/mol. The summed E-state index contributed by atoms with van der Waals surface area (Å²) in [7, 11) is 0. The van der Waals surface area contributed by atoms with E-state index in [0.29, 0.717) is 0 Å². The molecule has 1 aromatic carbocycles. The smallest absolute Gasteiger partial charge is 0.269 e. The zero-order valence-electron chi connectivity index (χ0n) is 25.1. The zero-order valence-corrected chi connectivity index (χ0v) is 25.1. The van der Waals surface area contributed by atoms with Gasteiger partial charge >= 0.3 is 0 Å². The first-order chi connectivity index (χ1) is 19.9. The lowest BCUT2D eigenvalue weighted by Gasteiger charge is -2.28. The van der Waals surface area contributed by atoms with Crippen molar-refractivity contribution in [3.05, 3.63) is 34.4 Å². The summed E-state index contributed by atoms with van der Waals surface area (Å²) in [6.45, 7) is 9.57. The molecule has 0 heterocycles. The summed E-state index contributed by atoms with van der Waals surface area (Å²) in [4.78, 5) is 85.0. The molecule has 5 atom stereocenters. The number of benzene rings is 1. The molecule has 0 fully saturated rings. The van der Waals surface area contributed by atoms with Gasteiger partial charge in [0.25, 0.3) is 5.69 Å². The van der Waals surface area contributed by atoms with Crippen LogP contribution in [0.2, 0.25) is 0 Å². The Morgan fingerprint density at radius 3 is 1.63 bits per heavy atom. The first kappa shape index (κ1) is 36.4. The molecule has 0 aliphatic heterocycles. The summed E-state index contributed by atoms with van der Waals surface area (Å²) < 4.78 is 0. The Kier molecular flexibility index (Phi) is 14.2. The molecule has 0 saturated heterocycles. The number of hydrogen-bond donors (Lipinski definition) is 7. The highest BCUT2D eigenvalue weighted by Gasteiger charge is 2.32. The van der Waals surface area contributed by atoms with Crippen molar-refractivity contribution in [2.45, 2.75) is 84.6 Å². The van der Waals surface area contributed by atoms with Crippen LogP contribution in [0.1, 0.15) is 54.4 Å². The second-order valence-corrected chi connectivity index (χ2v) is 10.8. The van der Waals surface area contributed by atoms with E-state index in [0.717, 1.165) is 0 Å². The van der Waals surface area contributed by atoms with Gasteiger partial charge in [0, 0.05) is 24.2 Å². The zero-order chi connectivity index (χ0) is 33.0. The fourth-order valence-electron chi connectivity index (χ4n) is 3.69. The molecule has 0 aliphatic carbocycles. The molecule has 0 spiro atoms. The molecular weight excluding hydrogens is 564 g/mol. The van der Waals surface area contributed by atoms with Gasteiger partial charge in [0.05, 0.1) is 11.0 Å². The van der Waals surface area contributed by atoms with Crippen LogP contribution in [0.3, 0.4) is 0 Å². The monoisotopic (exact) mass is 606 g/mol. The minimum atomic E-state index is -1.09. The summed E-state index contributed by atoms with van der Waals surface area (Å²) in [5.41, 5.74) is 11.0. The van der Waals surface area contributed by atoms with E-state index >= 15 is 0 Å². The summed E-state index contributed by atoms with van der Waals surface area (Å²) in [6, 6.07) is -0.161. The number of nitrogens with one attached hydrogen (secondary N) is 5. The quantitative estimate of drug-likeness (QED) is 0.0936. The van der Waals surface area contributed by atoms with Gasteiger partial charge in [-0.25, -0.2) is 0 Å². The van der Waals surface area contributed by atoms with Gasteiger partial charge in [-0.1, -0.05) is 27.7 Å². The molecule has 16 heteroatoms. The lowest BCUT2D eigenvalue weighted by atomic mass is 9.99. The minimum absolute atomic E-state index is 0.00188. The average Bonchev–Trinajstić information content (AvgIpc) is 2.92. The van der Waals surface area contributed by atoms with E-state index in [2.05, 4.69) is 26.6 Å². The summed E-state index contributed by atoms with van der Waals surface area (Å²) in [6.07, 6.45) is -0.0976. The SMILES string of the molecule is CC(C)[C@H](NC(=O)[C@H](N)CCC(N)=O)C(=O)N[C@H](C(=O)N[C@@H](C)C(=O)N[C@@H](C)C(=O)Nc1ccc([N+](=O)[O-])cc1)C(C)C. The van der Waals surface area contributed by atoms with Crippen molar-refractivity contribution in [1.29, 1.82) is 0 Å². The van der Waals surface area contributed by atoms with Gasteiger partial charge in [-0.3, -0.25) is 38.9 Å². The van der Waals surface area contributed by atoms with Crippen LogP contribution < -0.4 is 38.1 Å². The van der Waals surface area contributed by atoms with E-state index < -0.39 is 76.5 Å². The first-order valence-corrected chi connectivity index (χ1v) is 13.7. The molecule has 1 rings (SSSR count). The van der Waals surface area contributed by atoms with Crippen molar-refractivity contribution in [3.8, 4) is 0 Å². The second kappa shape index (κ2) is 16.7. The van der Waals surface area contributed by atoms with Gasteiger partial charge in [-0.15, -0.1) is 0 Å². The molecule has 16 nitrogen and oxygen atoms in total. The van der Waals surface area contributed by atoms with Crippen LogP contribution in [-0.2, 0) is 28.8 Å². The Morgan fingerprint density at radius 1 is 0.721 bits per heavy atom. The highest BCUT2D eigenvalue weighted by molar-refractivity contribution is 5.99. The third-order valence-corrected chi connectivity index (χ3v) is 6.38. The van der Waals surface area contributed by atoms with Crippen molar-refractivity contribution in [1.82, 2.24) is 21.3 Å². The molecular formula is C27H42N8O8. The van der Waals surface area contributed by atoms with Gasteiger partial charge in [-0.2, -0.15) is 0 Å². The number of anilines is 1. The first-order valence-electron chi connectivity index (χ1n) is 13.7. The number of rotatable bonds is 16. The number of primary amides is 1. The second-order valence-electron chi connectivity index (χ2n) is 10.8. The molecule has 0 aromatic heterocycles. The van der Waals surface area contributed by atoms with Gasteiger partial charge < -0.3 is 38.1 Å². The predicted octanol–water partition coefficient (Wildman–Crippen LogP) is -0.583. The summed E-state index contributed by atoms with van der Waals surface area (Å²) in [5.74, 6) is -4.64. The third-order valence-electron chi connectivity index (χ3n) is 6.38. The van der Waals surface area contributed by atoms with Crippen molar-refractivity contribution in [2.75, 3.05) is 5.32 Å².